The molecular weight excluding hydrogens is 573 g/mol. The summed E-state index contributed by atoms with van der Waals surface area (Å²) in [5.41, 5.74) is 1.71. The van der Waals surface area contributed by atoms with Crippen molar-refractivity contribution in [2.75, 3.05) is 36.2 Å². The zero-order chi connectivity index (χ0) is 29.1. The van der Waals surface area contributed by atoms with Crippen LogP contribution in [0.15, 0.2) is 71.1 Å². The minimum atomic E-state index is -3.80. The average Bonchev–Trinajstić information content (AvgIpc) is 3.69. The quantitative estimate of drug-likeness (QED) is 0.268. The van der Waals surface area contributed by atoms with Gasteiger partial charge in [0, 0.05) is 42.1 Å². The Bertz CT molecular complexity index is 1640. The number of H-pyrrole nitrogens is 1. The third-order valence-electron chi connectivity index (χ3n) is 8.40. The fraction of sp³-hybridized carbons (Fsp3) is 0.367. The van der Waals surface area contributed by atoms with Crippen LogP contribution in [0.4, 0.5) is 16.2 Å². The number of rotatable bonds is 7. The van der Waals surface area contributed by atoms with Crippen LogP contribution in [-0.4, -0.2) is 66.5 Å². The van der Waals surface area contributed by atoms with Crippen molar-refractivity contribution in [3.63, 3.8) is 0 Å². The van der Waals surface area contributed by atoms with E-state index < -0.39 is 10.0 Å². The Kier molecular flexibility index (Phi) is 8.16. The molecular formula is C30H34N6O4S2. The number of sulfonamides is 1. The molecule has 2 aromatic heterocycles. The lowest BCUT2D eigenvalue weighted by Crippen LogP contribution is -2.45. The zero-order valence-electron chi connectivity index (χ0n) is 23.2. The molecule has 0 saturated carbocycles. The van der Waals surface area contributed by atoms with E-state index in [0.717, 1.165) is 54.6 Å². The van der Waals surface area contributed by atoms with Crippen LogP contribution >= 0.6 is 11.3 Å². The Hall–Kier alpha value is -3.90. The molecule has 0 radical (unpaired) electrons. The van der Waals surface area contributed by atoms with E-state index in [9.17, 15) is 18.0 Å². The second-order valence-corrected chi connectivity index (χ2v) is 13.7. The van der Waals surface area contributed by atoms with E-state index in [1.165, 1.54) is 12.1 Å². The highest BCUT2D eigenvalue weighted by Gasteiger charge is 2.32. The van der Waals surface area contributed by atoms with Crippen LogP contribution in [0.3, 0.4) is 0 Å². The number of nitrogens with one attached hydrogen (secondary N) is 3. The highest BCUT2D eigenvalue weighted by atomic mass is 32.2. The molecule has 3 N–H and O–H groups in total. The van der Waals surface area contributed by atoms with Crippen LogP contribution in [0.5, 0.6) is 0 Å². The van der Waals surface area contributed by atoms with Crippen molar-refractivity contribution >= 4 is 55.6 Å². The Morgan fingerprint density at radius 1 is 0.905 bits per heavy atom. The number of hydrogen-bond acceptors (Lipinski definition) is 6. The van der Waals surface area contributed by atoms with Crippen LogP contribution in [0.1, 0.15) is 30.6 Å². The molecule has 6 rings (SSSR count). The predicted octanol–water partition coefficient (Wildman–Crippen LogP) is 5.15. The Labute approximate surface area is 249 Å². The van der Waals surface area contributed by atoms with Crippen molar-refractivity contribution in [2.45, 2.75) is 37.0 Å². The third kappa shape index (κ3) is 6.44. The molecule has 2 aromatic carbocycles. The molecule has 42 heavy (non-hydrogen) atoms. The summed E-state index contributed by atoms with van der Waals surface area (Å²) in [6.45, 7) is 3.00. The first-order chi connectivity index (χ1) is 20.3. The molecule has 0 unspecified atom stereocenters. The van der Waals surface area contributed by atoms with E-state index in [2.05, 4.69) is 20.2 Å². The van der Waals surface area contributed by atoms with Crippen molar-refractivity contribution in [1.29, 1.82) is 0 Å². The number of thiophene rings is 1. The van der Waals surface area contributed by atoms with E-state index in [4.69, 9.17) is 0 Å². The maximum Gasteiger partial charge on any atom is 0.321 e. The summed E-state index contributed by atoms with van der Waals surface area (Å²) >= 11 is 1.63. The molecule has 3 amide bonds. The summed E-state index contributed by atoms with van der Waals surface area (Å²) in [5, 5.41) is 12.6. The fourth-order valence-corrected chi connectivity index (χ4v) is 7.75. The molecule has 2 fully saturated rings. The van der Waals surface area contributed by atoms with Gasteiger partial charge in [-0.2, -0.15) is 5.10 Å². The normalized spacial score (nSPS) is 17.0. The number of nitrogens with zero attached hydrogens (tertiary/aromatic N) is 3. The first-order valence-corrected chi connectivity index (χ1v) is 16.6. The van der Waals surface area contributed by atoms with Gasteiger partial charge in [0.05, 0.1) is 28.7 Å². The molecule has 2 aliphatic rings. The van der Waals surface area contributed by atoms with Gasteiger partial charge < -0.3 is 15.1 Å². The standard InChI is InChI=1S/C30H34N6O4S2/c37-29(19-26-2-1-17-41-26)35-13-9-21(10-14-35)22-11-15-36(16-12-22)30(38)32-24-5-7-27(8-6-24)42(39,40)34-25-4-3-23-20-31-33-28(23)18-25/h1-8,17-18,20-22,34H,9-16,19H2,(H,31,33)(H,32,38). The number of piperidine rings is 2. The first kappa shape index (κ1) is 28.2. The van der Waals surface area contributed by atoms with Crippen LogP contribution in [0, 0.1) is 11.8 Å². The lowest BCUT2D eigenvalue weighted by molar-refractivity contribution is -0.132. The molecule has 0 aliphatic carbocycles. The van der Waals surface area contributed by atoms with Gasteiger partial charge in [0.25, 0.3) is 10.0 Å². The maximum atomic E-state index is 12.9. The van der Waals surface area contributed by atoms with Crippen LogP contribution in [0.2, 0.25) is 0 Å². The first-order valence-electron chi connectivity index (χ1n) is 14.3. The monoisotopic (exact) mass is 606 g/mol. The van der Waals surface area contributed by atoms with E-state index >= 15 is 0 Å². The number of hydrogen-bond donors (Lipinski definition) is 3. The van der Waals surface area contributed by atoms with Gasteiger partial charge in [-0.15, -0.1) is 11.3 Å². The number of carbonyl (C=O) groups excluding carboxylic acids is 2. The highest BCUT2D eigenvalue weighted by Crippen LogP contribution is 2.33. The van der Waals surface area contributed by atoms with Gasteiger partial charge >= 0.3 is 6.03 Å². The van der Waals surface area contributed by atoms with Crippen LogP contribution in [-0.2, 0) is 21.2 Å². The van der Waals surface area contributed by atoms with Gasteiger partial charge in [-0.3, -0.25) is 14.6 Å². The van der Waals surface area contributed by atoms with Crippen molar-refractivity contribution in [1.82, 2.24) is 20.0 Å². The van der Waals surface area contributed by atoms with Crippen molar-refractivity contribution < 1.29 is 18.0 Å². The molecule has 2 aliphatic heterocycles. The molecule has 4 aromatic rings. The van der Waals surface area contributed by atoms with Gasteiger partial charge in [0.2, 0.25) is 5.91 Å². The minimum Gasteiger partial charge on any atom is -0.342 e. The summed E-state index contributed by atoms with van der Waals surface area (Å²) in [6.07, 6.45) is 6.12. The summed E-state index contributed by atoms with van der Waals surface area (Å²) in [4.78, 5) is 30.6. The SMILES string of the molecule is O=C(Cc1cccs1)N1CCC(C2CCN(C(=O)Nc3ccc(S(=O)(=O)Nc4ccc5cn[nH]c5c4)cc3)CC2)CC1. The summed E-state index contributed by atoms with van der Waals surface area (Å²) < 4.78 is 28.3. The Balaban J connectivity index is 0.958. The van der Waals surface area contributed by atoms with Gasteiger partial charge in [0.1, 0.15) is 0 Å². The number of amides is 3. The zero-order valence-corrected chi connectivity index (χ0v) is 24.8. The largest absolute Gasteiger partial charge is 0.342 e. The molecule has 10 nitrogen and oxygen atoms in total. The molecule has 0 spiro atoms. The molecule has 2 saturated heterocycles. The molecule has 220 valence electrons. The molecule has 12 heteroatoms. The third-order valence-corrected chi connectivity index (χ3v) is 10.7. The fourth-order valence-electron chi connectivity index (χ4n) is 6.00. The molecule has 4 heterocycles. The van der Waals surface area contributed by atoms with Crippen molar-refractivity contribution in [3.8, 4) is 0 Å². The number of likely N-dealkylation sites (tertiary alicyclic amines) is 2. The second-order valence-electron chi connectivity index (χ2n) is 11.0. The van der Waals surface area contributed by atoms with Gasteiger partial charge in [0.15, 0.2) is 0 Å². The van der Waals surface area contributed by atoms with Gasteiger partial charge in [-0.25, -0.2) is 13.2 Å². The number of anilines is 2. The number of benzene rings is 2. The van der Waals surface area contributed by atoms with Gasteiger partial charge in [-0.05, 0) is 91.4 Å². The number of urea groups is 1. The van der Waals surface area contributed by atoms with Crippen LogP contribution in [0.25, 0.3) is 10.9 Å². The summed E-state index contributed by atoms with van der Waals surface area (Å²) in [6, 6.07) is 15.2. The highest BCUT2D eigenvalue weighted by molar-refractivity contribution is 7.92. The number of aromatic nitrogens is 2. The average molecular weight is 607 g/mol. The van der Waals surface area contributed by atoms with E-state index in [-0.39, 0.29) is 16.8 Å². The molecule has 0 atom stereocenters. The second kappa shape index (κ2) is 12.1. The van der Waals surface area contributed by atoms with Gasteiger partial charge in [-0.1, -0.05) is 6.07 Å². The number of carbonyl (C=O) groups is 2. The Morgan fingerprint density at radius 2 is 1.57 bits per heavy atom. The lowest BCUT2D eigenvalue weighted by atomic mass is 9.79. The number of fused-ring (bicyclic) bond motifs is 1. The lowest BCUT2D eigenvalue weighted by Gasteiger charge is -2.40. The summed E-state index contributed by atoms with van der Waals surface area (Å²) in [5.74, 6) is 1.37. The topological polar surface area (TPSA) is 128 Å². The van der Waals surface area contributed by atoms with Crippen molar-refractivity contribution in [2.24, 2.45) is 11.8 Å². The maximum absolute atomic E-state index is 12.9. The summed E-state index contributed by atoms with van der Waals surface area (Å²) in [7, 11) is -3.80. The number of aromatic amines is 1. The van der Waals surface area contributed by atoms with E-state index in [0.29, 0.717) is 42.7 Å². The minimum absolute atomic E-state index is 0.102. The smallest absolute Gasteiger partial charge is 0.321 e. The Morgan fingerprint density at radius 3 is 2.24 bits per heavy atom. The van der Waals surface area contributed by atoms with Crippen LogP contribution < -0.4 is 10.0 Å². The molecule has 0 bridgehead atoms. The van der Waals surface area contributed by atoms with E-state index in [1.54, 1.807) is 47.9 Å². The van der Waals surface area contributed by atoms with Crippen molar-refractivity contribution in [3.05, 3.63) is 71.1 Å². The van der Waals surface area contributed by atoms with E-state index in [1.807, 2.05) is 27.3 Å². The predicted molar refractivity (Wildman–Crippen MR) is 164 cm³/mol.